The lowest BCUT2D eigenvalue weighted by molar-refractivity contribution is 0.550. The second-order valence-corrected chi connectivity index (χ2v) is 2.54. The molecule has 1 heterocycles. The van der Waals surface area contributed by atoms with Crippen LogP contribution < -0.4 is 5.84 Å². The standard InChI is InChI=1S/C7H9N3S/c1-10(8)7(11)6-2-4-9-5-3-6/h2-5H,8H2,1H3. The van der Waals surface area contributed by atoms with Crippen molar-refractivity contribution in [3.63, 3.8) is 0 Å². The Morgan fingerprint density at radius 1 is 1.55 bits per heavy atom. The highest BCUT2D eigenvalue weighted by Gasteiger charge is 2.00. The van der Waals surface area contributed by atoms with Gasteiger partial charge in [-0.1, -0.05) is 12.2 Å². The summed E-state index contributed by atoms with van der Waals surface area (Å²) in [6.45, 7) is 0. The average Bonchev–Trinajstić information content (AvgIpc) is 2.05. The summed E-state index contributed by atoms with van der Waals surface area (Å²) < 4.78 is 0. The number of thiocarbonyl (C=S) groups is 1. The normalized spacial score (nSPS) is 9.27. The van der Waals surface area contributed by atoms with Gasteiger partial charge in [-0.05, 0) is 12.1 Å². The van der Waals surface area contributed by atoms with Crippen LogP contribution in [0.5, 0.6) is 0 Å². The predicted octanol–water partition coefficient (Wildman–Crippen LogP) is 0.563. The third-order valence-electron chi connectivity index (χ3n) is 1.25. The predicted molar refractivity (Wildman–Crippen MR) is 47.9 cm³/mol. The van der Waals surface area contributed by atoms with E-state index in [-0.39, 0.29) is 0 Å². The summed E-state index contributed by atoms with van der Waals surface area (Å²) in [5, 5.41) is 1.41. The Hall–Kier alpha value is -1.00. The molecule has 11 heavy (non-hydrogen) atoms. The Balaban J connectivity index is 2.86. The van der Waals surface area contributed by atoms with Crippen LogP contribution in [0, 0.1) is 0 Å². The Kier molecular flexibility index (Phi) is 2.51. The van der Waals surface area contributed by atoms with Gasteiger partial charge in [-0.15, -0.1) is 0 Å². The van der Waals surface area contributed by atoms with E-state index in [0.29, 0.717) is 4.99 Å². The molecule has 1 aromatic heterocycles. The van der Waals surface area contributed by atoms with E-state index in [1.54, 1.807) is 19.4 Å². The van der Waals surface area contributed by atoms with Crippen LogP contribution in [0.15, 0.2) is 24.5 Å². The first-order valence-electron chi connectivity index (χ1n) is 3.14. The van der Waals surface area contributed by atoms with E-state index < -0.39 is 0 Å². The van der Waals surface area contributed by atoms with Crippen molar-refractivity contribution < 1.29 is 0 Å². The van der Waals surface area contributed by atoms with Gasteiger partial charge in [0.2, 0.25) is 0 Å². The summed E-state index contributed by atoms with van der Waals surface area (Å²) in [5.74, 6) is 5.44. The Labute approximate surface area is 70.8 Å². The summed E-state index contributed by atoms with van der Waals surface area (Å²) >= 11 is 5.02. The summed E-state index contributed by atoms with van der Waals surface area (Å²) in [5.41, 5.74) is 0.917. The minimum atomic E-state index is 0.618. The Morgan fingerprint density at radius 2 is 2.09 bits per heavy atom. The van der Waals surface area contributed by atoms with Gasteiger partial charge in [-0.3, -0.25) is 4.98 Å². The zero-order chi connectivity index (χ0) is 8.27. The summed E-state index contributed by atoms with van der Waals surface area (Å²) in [6, 6.07) is 3.65. The van der Waals surface area contributed by atoms with E-state index in [1.165, 1.54) is 5.01 Å². The molecule has 0 atom stereocenters. The minimum Gasteiger partial charge on any atom is -0.304 e. The summed E-state index contributed by atoms with van der Waals surface area (Å²) in [4.78, 5) is 4.49. The fraction of sp³-hybridized carbons (Fsp3) is 0.143. The smallest absolute Gasteiger partial charge is 0.123 e. The third kappa shape index (κ3) is 1.96. The van der Waals surface area contributed by atoms with Gasteiger partial charge in [0.1, 0.15) is 4.99 Å². The van der Waals surface area contributed by atoms with E-state index in [4.69, 9.17) is 18.1 Å². The van der Waals surface area contributed by atoms with Gasteiger partial charge in [0.05, 0.1) is 0 Å². The molecule has 0 amide bonds. The van der Waals surface area contributed by atoms with Crippen molar-refractivity contribution in [1.82, 2.24) is 9.99 Å². The first-order valence-corrected chi connectivity index (χ1v) is 3.55. The van der Waals surface area contributed by atoms with Crippen LogP contribution >= 0.6 is 12.2 Å². The largest absolute Gasteiger partial charge is 0.304 e. The topological polar surface area (TPSA) is 42.1 Å². The van der Waals surface area contributed by atoms with Crippen molar-refractivity contribution in [2.75, 3.05) is 7.05 Å². The number of hydrazine groups is 1. The monoisotopic (exact) mass is 167 g/mol. The van der Waals surface area contributed by atoms with E-state index >= 15 is 0 Å². The molecule has 1 rings (SSSR count). The average molecular weight is 167 g/mol. The Bertz CT molecular complexity index is 245. The molecule has 0 saturated carbocycles. The maximum absolute atomic E-state index is 5.44. The molecule has 0 aliphatic carbocycles. The third-order valence-corrected chi connectivity index (χ3v) is 1.77. The second kappa shape index (κ2) is 3.41. The van der Waals surface area contributed by atoms with Crippen LogP contribution in [0.25, 0.3) is 0 Å². The van der Waals surface area contributed by atoms with Crippen molar-refractivity contribution in [2.24, 2.45) is 5.84 Å². The molecule has 0 spiro atoms. The quantitative estimate of drug-likeness (QED) is 0.377. The number of hydrogen-bond donors (Lipinski definition) is 1. The van der Waals surface area contributed by atoms with Crippen LogP contribution in [-0.2, 0) is 0 Å². The fourth-order valence-corrected chi connectivity index (χ4v) is 0.834. The van der Waals surface area contributed by atoms with Crippen molar-refractivity contribution in [1.29, 1.82) is 0 Å². The highest BCUT2D eigenvalue weighted by molar-refractivity contribution is 7.80. The first kappa shape index (κ1) is 8.10. The molecule has 1 aromatic rings. The van der Waals surface area contributed by atoms with Gasteiger partial charge >= 0.3 is 0 Å². The maximum Gasteiger partial charge on any atom is 0.123 e. The molecule has 0 aliphatic rings. The van der Waals surface area contributed by atoms with Crippen molar-refractivity contribution >= 4 is 17.2 Å². The van der Waals surface area contributed by atoms with Gasteiger partial charge in [-0.25, -0.2) is 5.84 Å². The molecular weight excluding hydrogens is 158 g/mol. The van der Waals surface area contributed by atoms with E-state index in [0.717, 1.165) is 5.56 Å². The van der Waals surface area contributed by atoms with Crippen LogP contribution in [0.3, 0.4) is 0 Å². The number of nitrogens with zero attached hydrogens (tertiary/aromatic N) is 2. The highest BCUT2D eigenvalue weighted by Crippen LogP contribution is 1.99. The number of hydrogen-bond acceptors (Lipinski definition) is 3. The summed E-state index contributed by atoms with van der Waals surface area (Å²) in [7, 11) is 1.71. The molecule has 4 heteroatoms. The fourth-order valence-electron chi connectivity index (χ4n) is 0.698. The molecule has 0 saturated heterocycles. The lowest BCUT2D eigenvalue weighted by Gasteiger charge is -2.12. The summed E-state index contributed by atoms with van der Waals surface area (Å²) in [6.07, 6.45) is 3.37. The number of pyridine rings is 1. The number of rotatable bonds is 1. The second-order valence-electron chi connectivity index (χ2n) is 2.15. The Morgan fingerprint density at radius 3 is 2.55 bits per heavy atom. The van der Waals surface area contributed by atoms with Crippen molar-refractivity contribution in [3.05, 3.63) is 30.1 Å². The maximum atomic E-state index is 5.44. The van der Waals surface area contributed by atoms with Gasteiger partial charge in [0.25, 0.3) is 0 Å². The molecule has 3 nitrogen and oxygen atoms in total. The van der Waals surface area contributed by atoms with Crippen molar-refractivity contribution in [3.8, 4) is 0 Å². The van der Waals surface area contributed by atoms with Crippen LogP contribution in [0.2, 0.25) is 0 Å². The first-order chi connectivity index (χ1) is 5.22. The zero-order valence-corrected chi connectivity index (χ0v) is 7.01. The van der Waals surface area contributed by atoms with Crippen LogP contribution in [-0.4, -0.2) is 22.0 Å². The van der Waals surface area contributed by atoms with Gasteiger partial charge in [0, 0.05) is 25.0 Å². The van der Waals surface area contributed by atoms with Gasteiger partial charge in [-0.2, -0.15) is 0 Å². The van der Waals surface area contributed by atoms with Gasteiger partial charge in [0.15, 0.2) is 0 Å². The number of aromatic nitrogens is 1. The molecule has 2 N–H and O–H groups in total. The van der Waals surface area contributed by atoms with Crippen LogP contribution in [0.1, 0.15) is 5.56 Å². The zero-order valence-electron chi connectivity index (χ0n) is 6.19. The molecular formula is C7H9N3S. The molecule has 0 fully saturated rings. The lowest BCUT2D eigenvalue weighted by atomic mass is 10.3. The number of nitrogens with two attached hydrogens (primary N) is 1. The van der Waals surface area contributed by atoms with Crippen LogP contribution in [0.4, 0.5) is 0 Å². The minimum absolute atomic E-state index is 0.618. The van der Waals surface area contributed by atoms with Gasteiger partial charge < -0.3 is 5.01 Å². The highest BCUT2D eigenvalue weighted by atomic mass is 32.1. The molecule has 0 aromatic carbocycles. The molecule has 0 radical (unpaired) electrons. The molecule has 0 bridgehead atoms. The lowest BCUT2D eigenvalue weighted by Crippen LogP contribution is -2.32. The van der Waals surface area contributed by atoms with E-state index in [2.05, 4.69) is 4.98 Å². The SMILES string of the molecule is CN(N)C(=S)c1ccncc1. The van der Waals surface area contributed by atoms with E-state index in [1.807, 2.05) is 12.1 Å². The molecule has 58 valence electrons. The van der Waals surface area contributed by atoms with E-state index in [9.17, 15) is 0 Å². The van der Waals surface area contributed by atoms with Crippen molar-refractivity contribution in [2.45, 2.75) is 0 Å². The molecule has 0 unspecified atom stereocenters. The molecule has 0 aliphatic heterocycles.